The molecule has 6 nitrogen and oxygen atoms in total. The zero-order chi connectivity index (χ0) is 14.6. The SMILES string of the molecule is COC1CCN(S(=O)(=O)N(C)CCCNC2CC2)CC1. The molecular formula is C13H27N3O3S. The van der Waals surface area contributed by atoms with Crippen LogP contribution in [0.25, 0.3) is 0 Å². The van der Waals surface area contributed by atoms with Gasteiger partial charge in [0, 0.05) is 39.8 Å². The topological polar surface area (TPSA) is 61.9 Å². The number of rotatable bonds is 8. The van der Waals surface area contributed by atoms with E-state index in [1.807, 2.05) is 0 Å². The van der Waals surface area contributed by atoms with Crippen LogP contribution >= 0.6 is 0 Å². The molecular weight excluding hydrogens is 278 g/mol. The Morgan fingerprint density at radius 2 is 1.90 bits per heavy atom. The van der Waals surface area contributed by atoms with Crippen LogP contribution in [0.2, 0.25) is 0 Å². The molecule has 20 heavy (non-hydrogen) atoms. The first-order chi connectivity index (χ1) is 9.54. The summed E-state index contributed by atoms with van der Waals surface area (Å²) in [6, 6.07) is 0.685. The van der Waals surface area contributed by atoms with Gasteiger partial charge in [-0.3, -0.25) is 0 Å². The molecule has 2 rings (SSSR count). The van der Waals surface area contributed by atoms with Crippen molar-refractivity contribution in [1.82, 2.24) is 13.9 Å². The molecule has 7 heteroatoms. The molecule has 0 amide bonds. The Labute approximate surface area is 122 Å². The largest absolute Gasteiger partial charge is 0.381 e. The second-order valence-corrected chi connectivity index (χ2v) is 7.78. The highest BCUT2D eigenvalue weighted by Crippen LogP contribution is 2.19. The van der Waals surface area contributed by atoms with Crippen molar-refractivity contribution in [2.45, 2.75) is 44.2 Å². The van der Waals surface area contributed by atoms with E-state index in [4.69, 9.17) is 4.74 Å². The molecule has 118 valence electrons. The van der Waals surface area contributed by atoms with Crippen molar-refractivity contribution in [2.75, 3.05) is 40.3 Å². The lowest BCUT2D eigenvalue weighted by Gasteiger charge is -2.33. The monoisotopic (exact) mass is 305 g/mol. The second-order valence-electron chi connectivity index (χ2n) is 5.75. The molecule has 2 aliphatic rings. The lowest BCUT2D eigenvalue weighted by atomic mass is 10.1. The van der Waals surface area contributed by atoms with Crippen LogP contribution < -0.4 is 5.32 Å². The van der Waals surface area contributed by atoms with Gasteiger partial charge in [0.05, 0.1) is 6.10 Å². The van der Waals surface area contributed by atoms with Crippen LogP contribution in [-0.4, -0.2) is 69.5 Å². The summed E-state index contributed by atoms with van der Waals surface area (Å²) in [7, 11) is 0.0683. The smallest absolute Gasteiger partial charge is 0.281 e. The van der Waals surface area contributed by atoms with Crippen molar-refractivity contribution in [3.63, 3.8) is 0 Å². The first-order valence-electron chi connectivity index (χ1n) is 7.51. The van der Waals surface area contributed by atoms with E-state index >= 15 is 0 Å². The Kier molecular flexibility index (Phi) is 5.80. The Hall–Kier alpha value is -0.210. The van der Waals surface area contributed by atoms with Crippen LogP contribution in [0.4, 0.5) is 0 Å². The minimum atomic E-state index is -3.30. The van der Waals surface area contributed by atoms with Crippen molar-refractivity contribution < 1.29 is 13.2 Å². The molecule has 1 aliphatic carbocycles. The van der Waals surface area contributed by atoms with Crippen molar-refractivity contribution in [2.24, 2.45) is 0 Å². The van der Waals surface area contributed by atoms with E-state index in [0.29, 0.717) is 25.7 Å². The summed E-state index contributed by atoms with van der Waals surface area (Å²) in [6.45, 7) is 2.60. The summed E-state index contributed by atoms with van der Waals surface area (Å²) < 4.78 is 33.2. The maximum absolute atomic E-state index is 12.4. The number of hydrogen-bond acceptors (Lipinski definition) is 4. The van der Waals surface area contributed by atoms with Crippen LogP contribution in [0, 0.1) is 0 Å². The third-order valence-electron chi connectivity index (χ3n) is 4.11. The molecule has 0 atom stereocenters. The minimum absolute atomic E-state index is 0.203. The Morgan fingerprint density at radius 1 is 1.25 bits per heavy atom. The van der Waals surface area contributed by atoms with Gasteiger partial charge in [-0.1, -0.05) is 0 Å². The van der Waals surface area contributed by atoms with Crippen LogP contribution in [0.15, 0.2) is 0 Å². The fourth-order valence-corrected chi connectivity index (χ4v) is 3.93. The lowest BCUT2D eigenvalue weighted by molar-refractivity contribution is 0.0593. The maximum Gasteiger partial charge on any atom is 0.281 e. The van der Waals surface area contributed by atoms with Gasteiger partial charge < -0.3 is 10.1 Å². The van der Waals surface area contributed by atoms with Crippen LogP contribution in [0.3, 0.4) is 0 Å². The molecule has 1 aliphatic heterocycles. The van der Waals surface area contributed by atoms with Gasteiger partial charge in [0.15, 0.2) is 0 Å². The molecule has 0 aromatic carbocycles. The Balaban J connectivity index is 1.73. The summed E-state index contributed by atoms with van der Waals surface area (Å²) >= 11 is 0. The standard InChI is InChI=1S/C13H27N3O3S/c1-15(9-3-8-14-12-4-5-12)20(17,18)16-10-6-13(19-2)7-11-16/h12-14H,3-11H2,1-2H3. The Bertz CT molecular complexity index is 390. The zero-order valence-electron chi connectivity index (χ0n) is 12.5. The van der Waals surface area contributed by atoms with Crippen molar-refractivity contribution in [1.29, 1.82) is 0 Å². The molecule has 1 saturated heterocycles. The number of nitrogens with zero attached hydrogens (tertiary/aromatic N) is 2. The van der Waals surface area contributed by atoms with Gasteiger partial charge in [-0.05, 0) is 38.6 Å². The van der Waals surface area contributed by atoms with E-state index in [-0.39, 0.29) is 6.10 Å². The average Bonchev–Trinajstić information content (AvgIpc) is 3.27. The van der Waals surface area contributed by atoms with Crippen LogP contribution in [0.1, 0.15) is 32.1 Å². The van der Waals surface area contributed by atoms with Gasteiger partial charge in [0.2, 0.25) is 0 Å². The summed E-state index contributed by atoms with van der Waals surface area (Å²) in [6.07, 6.45) is 5.17. The predicted octanol–water partition coefficient (Wildman–Crippen LogP) is 0.416. The maximum atomic E-state index is 12.4. The third kappa shape index (κ3) is 4.39. The average molecular weight is 305 g/mol. The van der Waals surface area contributed by atoms with Crippen LogP contribution in [-0.2, 0) is 14.9 Å². The summed E-state index contributed by atoms with van der Waals surface area (Å²) in [5, 5.41) is 3.40. The van der Waals surface area contributed by atoms with E-state index in [0.717, 1.165) is 25.8 Å². The van der Waals surface area contributed by atoms with Crippen molar-refractivity contribution >= 4 is 10.2 Å². The van der Waals surface area contributed by atoms with E-state index in [1.165, 1.54) is 17.1 Å². The molecule has 1 saturated carbocycles. The summed E-state index contributed by atoms with van der Waals surface area (Å²) in [5.74, 6) is 0. The number of methoxy groups -OCH3 is 1. The fourth-order valence-electron chi connectivity index (χ4n) is 2.51. The van der Waals surface area contributed by atoms with Crippen LogP contribution in [0.5, 0.6) is 0 Å². The Morgan fingerprint density at radius 3 is 2.45 bits per heavy atom. The van der Waals surface area contributed by atoms with Gasteiger partial charge >= 0.3 is 0 Å². The molecule has 2 fully saturated rings. The van der Waals surface area contributed by atoms with Gasteiger partial charge in [-0.15, -0.1) is 0 Å². The highest BCUT2D eigenvalue weighted by Gasteiger charge is 2.30. The fraction of sp³-hybridized carbons (Fsp3) is 1.00. The van der Waals surface area contributed by atoms with Crippen molar-refractivity contribution in [3.8, 4) is 0 Å². The van der Waals surface area contributed by atoms with Gasteiger partial charge in [0.25, 0.3) is 10.2 Å². The molecule has 0 bridgehead atoms. The normalized spacial score (nSPS) is 22.6. The van der Waals surface area contributed by atoms with Gasteiger partial charge in [-0.25, -0.2) is 0 Å². The molecule has 0 aromatic heterocycles. The first kappa shape index (κ1) is 16.2. The van der Waals surface area contributed by atoms with E-state index in [9.17, 15) is 8.42 Å². The van der Waals surface area contributed by atoms with Gasteiger partial charge in [-0.2, -0.15) is 17.0 Å². The molecule has 0 aromatic rings. The quantitative estimate of drug-likeness (QED) is 0.660. The molecule has 0 radical (unpaired) electrons. The first-order valence-corrected chi connectivity index (χ1v) is 8.91. The predicted molar refractivity (Wildman–Crippen MR) is 78.8 cm³/mol. The lowest BCUT2D eigenvalue weighted by Crippen LogP contribution is -2.47. The number of hydrogen-bond donors (Lipinski definition) is 1. The molecule has 1 N–H and O–H groups in total. The summed E-state index contributed by atoms with van der Waals surface area (Å²) in [5.41, 5.74) is 0. The van der Waals surface area contributed by atoms with Gasteiger partial charge in [0.1, 0.15) is 0 Å². The highest BCUT2D eigenvalue weighted by atomic mass is 32.2. The zero-order valence-corrected chi connectivity index (χ0v) is 13.4. The highest BCUT2D eigenvalue weighted by molar-refractivity contribution is 7.86. The van der Waals surface area contributed by atoms with E-state index < -0.39 is 10.2 Å². The van der Waals surface area contributed by atoms with Crippen molar-refractivity contribution in [3.05, 3.63) is 0 Å². The molecule has 1 heterocycles. The molecule has 0 spiro atoms. The third-order valence-corrected chi connectivity index (χ3v) is 6.10. The minimum Gasteiger partial charge on any atom is -0.381 e. The number of ether oxygens (including phenoxy) is 1. The molecule has 0 unspecified atom stereocenters. The summed E-state index contributed by atoms with van der Waals surface area (Å²) in [4.78, 5) is 0. The van der Waals surface area contributed by atoms with E-state index in [1.54, 1.807) is 18.5 Å². The number of piperidine rings is 1. The van der Waals surface area contributed by atoms with E-state index in [2.05, 4.69) is 5.32 Å². The number of nitrogens with one attached hydrogen (secondary N) is 1. The second kappa shape index (κ2) is 7.17.